The van der Waals surface area contributed by atoms with Crippen LogP contribution >= 0.6 is 31.9 Å². The molecule has 0 bridgehead atoms. The molecule has 0 spiro atoms. The smallest absolute Gasteiger partial charge is 0.196 e. The number of rotatable bonds is 2. The predicted octanol–water partition coefficient (Wildman–Crippen LogP) is 5.06. The number of halogens is 3. The minimum Gasteiger partial charge on any atom is -0.360 e. The summed E-state index contributed by atoms with van der Waals surface area (Å²) in [6, 6.07) is 10.0. The van der Waals surface area contributed by atoms with E-state index >= 15 is 0 Å². The maximum absolute atomic E-state index is 13.9. The predicted molar refractivity (Wildman–Crippen MR) is 83.5 cm³/mol. The van der Waals surface area contributed by atoms with Gasteiger partial charge in [-0.05, 0) is 30.3 Å². The molecule has 3 rings (SSSR count). The van der Waals surface area contributed by atoms with Gasteiger partial charge in [0.1, 0.15) is 5.82 Å². The number of nitrogens with one attached hydrogen (secondary N) is 1. The summed E-state index contributed by atoms with van der Waals surface area (Å²) in [5.74, 6) is -0.632. The number of benzene rings is 2. The molecule has 1 N–H and O–H groups in total. The first-order chi connectivity index (χ1) is 9.58. The van der Waals surface area contributed by atoms with Crippen LogP contribution in [0.15, 0.2) is 51.5 Å². The molecule has 1 heterocycles. The Morgan fingerprint density at radius 2 is 1.90 bits per heavy atom. The average molecular weight is 397 g/mol. The molecule has 0 saturated carbocycles. The van der Waals surface area contributed by atoms with Crippen LogP contribution in [-0.2, 0) is 0 Å². The van der Waals surface area contributed by atoms with E-state index < -0.39 is 5.82 Å². The summed E-state index contributed by atoms with van der Waals surface area (Å²) in [6.45, 7) is 0. The maximum atomic E-state index is 13.9. The number of hydrogen-bond donors (Lipinski definition) is 1. The molecule has 100 valence electrons. The SMILES string of the molecule is O=C(c1cc(Br)ccc1Br)c1c[nH]c2cccc(F)c12. The zero-order valence-electron chi connectivity index (χ0n) is 10.1. The molecule has 0 unspecified atom stereocenters. The first-order valence-corrected chi connectivity index (χ1v) is 7.42. The van der Waals surface area contributed by atoms with E-state index in [1.807, 2.05) is 6.07 Å². The minimum absolute atomic E-state index is 0.227. The molecule has 20 heavy (non-hydrogen) atoms. The second-order valence-corrected chi connectivity index (χ2v) is 6.09. The van der Waals surface area contributed by atoms with Gasteiger partial charge in [-0.15, -0.1) is 0 Å². The number of ketones is 1. The van der Waals surface area contributed by atoms with Crippen molar-refractivity contribution >= 4 is 48.5 Å². The number of carbonyl (C=O) groups excluding carboxylic acids is 1. The van der Waals surface area contributed by atoms with E-state index in [1.54, 1.807) is 30.5 Å². The van der Waals surface area contributed by atoms with E-state index in [2.05, 4.69) is 36.8 Å². The summed E-state index contributed by atoms with van der Waals surface area (Å²) < 4.78 is 15.4. The van der Waals surface area contributed by atoms with E-state index in [0.29, 0.717) is 26.5 Å². The third kappa shape index (κ3) is 2.21. The minimum atomic E-state index is -0.404. The highest BCUT2D eigenvalue weighted by molar-refractivity contribution is 9.11. The molecule has 2 nitrogen and oxygen atoms in total. The van der Waals surface area contributed by atoms with Gasteiger partial charge in [-0.1, -0.05) is 37.9 Å². The standard InChI is InChI=1S/C15H8Br2FNO/c16-8-4-5-11(17)9(6-8)15(20)10-7-19-13-3-1-2-12(18)14(10)13/h1-7,19H. The third-order valence-electron chi connectivity index (χ3n) is 3.07. The Hall–Kier alpha value is -1.46. The van der Waals surface area contributed by atoms with Gasteiger partial charge in [0.15, 0.2) is 5.78 Å². The van der Waals surface area contributed by atoms with Crippen LogP contribution in [0, 0.1) is 5.82 Å². The topological polar surface area (TPSA) is 32.9 Å². The van der Waals surface area contributed by atoms with Crippen LogP contribution in [-0.4, -0.2) is 10.8 Å². The normalized spacial score (nSPS) is 10.9. The van der Waals surface area contributed by atoms with Crippen LogP contribution in [0.2, 0.25) is 0 Å². The van der Waals surface area contributed by atoms with Crippen molar-refractivity contribution in [3.63, 3.8) is 0 Å². The first kappa shape index (κ1) is 13.5. The van der Waals surface area contributed by atoms with Crippen molar-refractivity contribution in [1.82, 2.24) is 4.98 Å². The second-order valence-electron chi connectivity index (χ2n) is 4.32. The van der Waals surface area contributed by atoms with Crippen LogP contribution in [0.25, 0.3) is 10.9 Å². The zero-order chi connectivity index (χ0) is 14.3. The molecule has 0 aliphatic heterocycles. The van der Waals surface area contributed by atoms with E-state index in [0.717, 1.165) is 4.47 Å². The van der Waals surface area contributed by atoms with Gasteiger partial charge < -0.3 is 4.98 Å². The first-order valence-electron chi connectivity index (χ1n) is 5.83. The van der Waals surface area contributed by atoms with Gasteiger partial charge in [-0.25, -0.2) is 4.39 Å². The molecular weight excluding hydrogens is 389 g/mol. The molecule has 0 amide bonds. The highest BCUT2D eigenvalue weighted by Crippen LogP contribution is 2.28. The molecule has 0 atom stereocenters. The van der Waals surface area contributed by atoms with Crippen molar-refractivity contribution in [2.45, 2.75) is 0 Å². The fraction of sp³-hybridized carbons (Fsp3) is 0. The van der Waals surface area contributed by atoms with Gasteiger partial charge in [-0.2, -0.15) is 0 Å². The Bertz CT molecular complexity index is 826. The molecule has 2 aromatic carbocycles. The Balaban J connectivity index is 2.21. The lowest BCUT2D eigenvalue weighted by molar-refractivity contribution is 0.103. The molecule has 0 radical (unpaired) electrons. The van der Waals surface area contributed by atoms with Gasteiger partial charge >= 0.3 is 0 Å². The quantitative estimate of drug-likeness (QED) is 0.603. The number of aromatic nitrogens is 1. The Kier molecular flexibility index (Phi) is 3.48. The van der Waals surface area contributed by atoms with Crippen LogP contribution < -0.4 is 0 Å². The van der Waals surface area contributed by atoms with Crippen LogP contribution in [0.1, 0.15) is 15.9 Å². The second kappa shape index (κ2) is 5.14. The third-order valence-corrected chi connectivity index (χ3v) is 4.26. The van der Waals surface area contributed by atoms with Crippen molar-refractivity contribution < 1.29 is 9.18 Å². The van der Waals surface area contributed by atoms with Gasteiger partial charge in [0.2, 0.25) is 0 Å². The largest absolute Gasteiger partial charge is 0.360 e. The van der Waals surface area contributed by atoms with Crippen molar-refractivity contribution in [2.24, 2.45) is 0 Å². The molecule has 5 heteroatoms. The molecule has 0 aliphatic rings. The number of fused-ring (bicyclic) bond motifs is 1. The number of carbonyl (C=O) groups is 1. The lowest BCUT2D eigenvalue weighted by atomic mass is 10.0. The molecular formula is C15H8Br2FNO. The van der Waals surface area contributed by atoms with Gasteiger partial charge in [0.25, 0.3) is 0 Å². The number of hydrogen-bond acceptors (Lipinski definition) is 1. The number of H-pyrrole nitrogens is 1. The Morgan fingerprint density at radius 3 is 2.70 bits per heavy atom. The highest BCUT2D eigenvalue weighted by atomic mass is 79.9. The van der Waals surface area contributed by atoms with Crippen molar-refractivity contribution in [3.8, 4) is 0 Å². The summed E-state index contributed by atoms with van der Waals surface area (Å²) in [4.78, 5) is 15.5. The number of aromatic amines is 1. The van der Waals surface area contributed by atoms with Gasteiger partial charge in [-0.3, -0.25) is 4.79 Å². The average Bonchev–Trinajstić information content (AvgIpc) is 2.86. The Morgan fingerprint density at radius 1 is 1.10 bits per heavy atom. The molecule has 0 saturated heterocycles. The molecule has 0 fully saturated rings. The van der Waals surface area contributed by atoms with Crippen LogP contribution in [0.5, 0.6) is 0 Å². The summed E-state index contributed by atoms with van der Waals surface area (Å²) in [5, 5.41) is 0.323. The van der Waals surface area contributed by atoms with E-state index in [4.69, 9.17) is 0 Å². The Labute approximate surface area is 131 Å². The lowest BCUT2D eigenvalue weighted by Crippen LogP contribution is -2.02. The molecule has 1 aromatic heterocycles. The van der Waals surface area contributed by atoms with Gasteiger partial charge in [0, 0.05) is 31.6 Å². The van der Waals surface area contributed by atoms with Crippen LogP contribution in [0.4, 0.5) is 4.39 Å². The molecule has 0 aliphatic carbocycles. The summed E-state index contributed by atoms with van der Waals surface area (Å²) in [6.07, 6.45) is 1.55. The highest BCUT2D eigenvalue weighted by Gasteiger charge is 2.19. The molecule has 3 aromatic rings. The van der Waals surface area contributed by atoms with Crippen LogP contribution in [0.3, 0.4) is 0 Å². The van der Waals surface area contributed by atoms with E-state index in [-0.39, 0.29) is 5.78 Å². The van der Waals surface area contributed by atoms with Crippen molar-refractivity contribution in [1.29, 1.82) is 0 Å². The monoisotopic (exact) mass is 395 g/mol. The van der Waals surface area contributed by atoms with Crippen molar-refractivity contribution in [2.75, 3.05) is 0 Å². The summed E-state index contributed by atoms with van der Waals surface area (Å²) in [7, 11) is 0. The van der Waals surface area contributed by atoms with E-state index in [1.165, 1.54) is 6.07 Å². The van der Waals surface area contributed by atoms with E-state index in [9.17, 15) is 9.18 Å². The maximum Gasteiger partial charge on any atom is 0.196 e. The fourth-order valence-electron chi connectivity index (χ4n) is 2.14. The van der Waals surface area contributed by atoms with Crippen molar-refractivity contribution in [3.05, 3.63) is 68.5 Å². The fourth-order valence-corrected chi connectivity index (χ4v) is 2.92. The summed E-state index contributed by atoms with van der Waals surface area (Å²) in [5.41, 5.74) is 1.43. The summed E-state index contributed by atoms with van der Waals surface area (Å²) >= 11 is 6.69. The zero-order valence-corrected chi connectivity index (χ0v) is 13.3. The lowest BCUT2D eigenvalue weighted by Gasteiger charge is -2.04. The van der Waals surface area contributed by atoms with Gasteiger partial charge in [0.05, 0.1) is 5.56 Å².